The maximum Gasteiger partial charge on any atom is 0.293 e. The average Bonchev–Trinajstić information content (AvgIpc) is 3.10. The lowest BCUT2D eigenvalue weighted by atomic mass is 10.1. The first-order chi connectivity index (χ1) is 8.08. The molecule has 1 atom stereocenters. The summed E-state index contributed by atoms with van der Waals surface area (Å²) in [5, 5.41) is 14.4. The van der Waals surface area contributed by atoms with Crippen molar-refractivity contribution < 1.29 is 4.92 Å². The highest BCUT2D eigenvalue weighted by atomic mass is 35.5. The van der Waals surface area contributed by atoms with Crippen LogP contribution >= 0.6 is 11.6 Å². The number of hydrogen-bond donors (Lipinski definition) is 1. The molecule has 17 heavy (non-hydrogen) atoms. The molecule has 1 N–H and O–H groups in total. The van der Waals surface area contributed by atoms with E-state index in [-0.39, 0.29) is 5.69 Å². The molecular formula is C12H15ClN2O2. The van der Waals surface area contributed by atoms with Crippen LogP contribution in [-0.2, 0) is 0 Å². The van der Waals surface area contributed by atoms with E-state index in [1.807, 2.05) is 0 Å². The first-order valence-corrected chi connectivity index (χ1v) is 6.13. The van der Waals surface area contributed by atoms with Gasteiger partial charge in [-0.1, -0.05) is 18.5 Å². The van der Waals surface area contributed by atoms with Crippen LogP contribution in [0, 0.1) is 22.0 Å². The molecule has 1 fully saturated rings. The van der Waals surface area contributed by atoms with Crippen LogP contribution < -0.4 is 5.32 Å². The molecule has 0 bridgehead atoms. The minimum Gasteiger partial charge on any atom is -0.379 e. The smallest absolute Gasteiger partial charge is 0.293 e. The predicted molar refractivity (Wildman–Crippen MR) is 68.5 cm³/mol. The number of nitro groups is 1. The standard InChI is InChI=1S/C12H15ClN2O2/c1-8(9-2-3-9)7-14-11-5-4-10(13)6-12(11)15(16)17/h4-6,8-9,14H,2-3,7H2,1H3. The second-order valence-electron chi connectivity index (χ2n) is 4.61. The van der Waals surface area contributed by atoms with E-state index in [1.54, 1.807) is 12.1 Å². The molecule has 1 saturated carbocycles. The topological polar surface area (TPSA) is 55.2 Å². The number of benzene rings is 1. The largest absolute Gasteiger partial charge is 0.379 e. The molecule has 0 saturated heterocycles. The van der Waals surface area contributed by atoms with Gasteiger partial charge in [0.15, 0.2) is 0 Å². The zero-order valence-electron chi connectivity index (χ0n) is 9.65. The number of anilines is 1. The first kappa shape index (κ1) is 12.2. The quantitative estimate of drug-likeness (QED) is 0.644. The van der Waals surface area contributed by atoms with Gasteiger partial charge in [0, 0.05) is 17.6 Å². The molecular weight excluding hydrogens is 240 g/mol. The summed E-state index contributed by atoms with van der Waals surface area (Å²) < 4.78 is 0. The van der Waals surface area contributed by atoms with Crippen molar-refractivity contribution in [3.8, 4) is 0 Å². The predicted octanol–water partition coefficient (Wildman–Crippen LogP) is 3.71. The fraction of sp³-hybridized carbons (Fsp3) is 0.500. The number of hydrogen-bond acceptors (Lipinski definition) is 3. The summed E-state index contributed by atoms with van der Waals surface area (Å²) in [6.45, 7) is 2.94. The van der Waals surface area contributed by atoms with Crippen LogP contribution in [0.2, 0.25) is 5.02 Å². The molecule has 1 aromatic carbocycles. The van der Waals surface area contributed by atoms with Gasteiger partial charge in [0.2, 0.25) is 0 Å². The summed E-state index contributed by atoms with van der Waals surface area (Å²) in [7, 11) is 0. The molecule has 1 aliphatic carbocycles. The molecule has 0 heterocycles. The Labute approximate surface area is 105 Å². The van der Waals surface area contributed by atoms with E-state index < -0.39 is 4.92 Å². The summed E-state index contributed by atoms with van der Waals surface area (Å²) in [4.78, 5) is 10.5. The third-order valence-corrected chi connectivity index (χ3v) is 3.43. The van der Waals surface area contributed by atoms with Gasteiger partial charge in [-0.3, -0.25) is 10.1 Å². The maximum absolute atomic E-state index is 10.9. The van der Waals surface area contributed by atoms with Crippen LogP contribution in [0.25, 0.3) is 0 Å². The Morgan fingerprint density at radius 3 is 2.88 bits per heavy atom. The SMILES string of the molecule is CC(CNc1ccc(Cl)cc1[N+](=O)[O-])C1CC1. The normalized spacial score (nSPS) is 16.6. The van der Waals surface area contributed by atoms with Crippen molar-refractivity contribution in [3.63, 3.8) is 0 Å². The molecule has 2 rings (SSSR count). The Morgan fingerprint density at radius 1 is 1.59 bits per heavy atom. The van der Waals surface area contributed by atoms with Gasteiger partial charge in [0.1, 0.15) is 5.69 Å². The monoisotopic (exact) mass is 254 g/mol. The Balaban J connectivity index is 2.06. The van der Waals surface area contributed by atoms with Crippen molar-refractivity contribution in [2.45, 2.75) is 19.8 Å². The van der Waals surface area contributed by atoms with E-state index in [4.69, 9.17) is 11.6 Å². The number of halogens is 1. The number of nitrogens with zero attached hydrogens (tertiary/aromatic N) is 1. The number of nitro benzene ring substituents is 1. The Hall–Kier alpha value is -1.29. The van der Waals surface area contributed by atoms with Gasteiger partial charge >= 0.3 is 0 Å². The van der Waals surface area contributed by atoms with Crippen LogP contribution in [0.4, 0.5) is 11.4 Å². The minimum atomic E-state index is -0.407. The molecule has 4 nitrogen and oxygen atoms in total. The number of rotatable bonds is 5. The van der Waals surface area contributed by atoms with Crippen molar-refractivity contribution in [2.75, 3.05) is 11.9 Å². The molecule has 0 radical (unpaired) electrons. The summed E-state index contributed by atoms with van der Waals surface area (Å²) in [6.07, 6.45) is 2.57. The second-order valence-corrected chi connectivity index (χ2v) is 5.05. The van der Waals surface area contributed by atoms with Crippen molar-refractivity contribution in [1.82, 2.24) is 0 Å². The lowest BCUT2D eigenvalue weighted by Gasteiger charge is -2.12. The lowest BCUT2D eigenvalue weighted by molar-refractivity contribution is -0.383. The van der Waals surface area contributed by atoms with Gasteiger partial charge in [-0.2, -0.15) is 0 Å². The Kier molecular flexibility index (Phi) is 3.52. The van der Waals surface area contributed by atoms with E-state index in [9.17, 15) is 10.1 Å². The third-order valence-electron chi connectivity index (χ3n) is 3.20. The highest BCUT2D eigenvalue weighted by Crippen LogP contribution is 2.37. The maximum atomic E-state index is 10.9. The van der Waals surface area contributed by atoms with Gasteiger partial charge in [-0.05, 0) is 36.8 Å². The molecule has 0 aliphatic heterocycles. The Bertz CT molecular complexity index is 433. The first-order valence-electron chi connectivity index (χ1n) is 5.75. The number of nitrogens with one attached hydrogen (secondary N) is 1. The fourth-order valence-electron chi connectivity index (χ4n) is 1.91. The highest BCUT2D eigenvalue weighted by Gasteiger charge is 2.28. The van der Waals surface area contributed by atoms with Gasteiger partial charge in [-0.15, -0.1) is 0 Å². The van der Waals surface area contributed by atoms with Crippen molar-refractivity contribution in [2.24, 2.45) is 11.8 Å². The average molecular weight is 255 g/mol. The lowest BCUT2D eigenvalue weighted by Crippen LogP contribution is -2.13. The molecule has 1 aliphatic rings. The van der Waals surface area contributed by atoms with E-state index >= 15 is 0 Å². The van der Waals surface area contributed by atoms with Crippen LogP contribution in [0.1, 0.15) is 19.8 Å². The molecule has 0 spiro atoms. The van der Waals surface area contributed by atoms with E-state index in [1.165, 1.54) is 18.9 Å². The van der Waals surface area contributed by atoms with Crippen molar-refractivity contribution in [3.05, 3.63) is 33.3 Å². The highest BCUT2D eigenvalue weighted by molar-refractivity contribution is 6.30. The van der Waals surface area contributed by atoms with E-state index in [0.29, 0.717) is 16.6 Å². The van der Waals surface area contributed by atoms with Crippen LogP contribution in [0.15, 0.2) is 18.2 Å². The van der Waals surface area contributed by atoms with Crippen LogP contribution in [-0.4, -0.2) is 11.5 Å². The van der Waals surface area contributed by atoms with Crippen molar-refractivity contribution in [1.29, 1.82) is 0 Å². The van der Waals surface area contributed by atoms with Crippen LogP contribution in [0.5, 0.6) is 0 Å². The molecule has 0 aromatic heterocycles. The zero-order valence-corrected chi connectivity index (χ0v) is 10.4. The molecule has 0 amide bonds. The summed E-state index contributed by atoms with van der Waals surface area (Å²) in [5.41, 5.74) is 0.590. The van der Waals surface area contributed by atoms with E-state index in [0.717, 1.165) is 12.5 Å². The zero-order chi connectivity index (χ0) is 12.4. The third kappa shape index (κ3) is 3.09. The molecule has 92 valence electrons. The minimum absolute atomic E-state index is 0.0421. The summed E-state index contributed by atoms with van der Waals surface area (Å²) in [5.74, 6) is 1.35. The fourth-order valence-corrected chi connectivity index (χ4v) is 2.07. The second kappa shape index (κ2) is 4.92. The molecule has 1 unspecified atom stereocenters. The Morgan fingerprint density at radius 2 is 2.29 bits per heavy atom. The molecule has 1 aromatic rings. The summed E-state index contributed by atoms with van der Waals surface area (Å²) in [6, 6.07) is 4.71. The van der Waals surface area contributed by atoms with E-state index in [2.05, 4.69) is 12.2 Å². The van der Waals surface area contributed by atoms with Gasteiger partial charge in [-0.25, -0.2) is 0 Å². The van der Waals surface area contributed by atoms with Gasteiger partial charge in [0.05, 0.1) is 4.92 Å². The summed E-state index contributed by atoms with van der Waals surface area (Å²) >= 11 is 5.75. The van der Waals surface area contributed by atoms with Crippen LogP contribution in [0.3, 0.4) is 0 Å². The molecule has 5 heteroatoms. The van der Waals surface area contributed by atoms with Crippen molar-refractivity contribution >= 4 is 23.0 Å². The van der Waals surface area contributed by atoms with Gasteiger partial charge in [0.25, 0.3) is 5.69 Å². The van der Waals surface area contributed by atoms with Gasteiger partial charge < -0.3 is 5.32 Å².